The second-order valence-electron chi connectivity index (χ2n) is 6.08. The quantitative estimate of drug-likeness (QED) is 0.500. The van der Waals surface area contributed by atoms with Gasteiger partial charge in [0.05, 0.1) is 18.5 Å². The maximum Gasteiger partial charge on any atom is 0.220 e. The first-order valence-corrected chi connectivity index (χ1v) is 10.1. The molecule has 2 aromatic heterocycles. The molecule has 0 unspecified atom stereocenters. The van der Waals surface area contributed by atoms with E-state index < -0.39 is 0 Å². The Balaban J connectivity index is 1.27. The standard InChI is InChI=1S/C21H23N3O3S/c25-20(9-5-13-26-18-6-2-1-3-7-18)23-12-10-17-16-28-21(24-17)15-27-19-8-4-11-22-14-19/h1-4,6-8,11,14,16H,5,9-10,12-13,15H2,(H,23,25). The van der Waals surface area contributed by atoms with Crippen molar-refractivity contribution in [1.82, 2.24) is 15.3 Å². The van der Waals surface area contributed by atoms with E-state index in [1.54, 1.807) is 23.7 Å². The maximum atomic E-state index is 11.9. The van der Waals surface area contributed by atoms with Gasteiger partial charge in [0.2, 0.25) is 5.91 Å². The number of nitrogens with one attached hydrogen (secondary N) is 1. The number of ether oxygens (including phenoxy) is 2. The fourth-order valence-corrected chi connectivity index (χ4v) is 3.20. The van der Waals surface area contributed by atoms with Crippen LogP contribution in [0.3, 0.4) is 0 Å². The molecule has 0 atom stereocenters. The van der Waals surface area contributed by atoms with Crippen LogP contribution in [0.5, 0.6) is 11.5 Å². The van der Waals surface area contributed by atoms with Gasteiger partial charge in [-0.1, -0.05) is 18.2 Å². The number of carbonyl (C=O) groups excluding carboxylic acids is 1. The third-order valence-electron chi connectivity index (χ3n) is 3.86. The zero-order valence-corrected chi connectivity index (χ0v) is 16.4. The zero-order chi connectivity index (χ0) is 19.4. The van der Waals surface area contributed by atoms with Crippen LogP contribution in [0.2, 0.25) is 0 Å². The van der Waals surface area contributed by atoms with Crippen molar-refractivity contribution >= 4 is 17.2 Å². The van der Waals surface area contributed by atoms with Crippen LogP contribution in [0, 0.1) is 0 Å². The van der Waals surface area contributed by atoms with E-state index in [2.05, 4.69) is 15.3 Å². The predicted molar refractivity (Wildman–Crippen MR) is 109 cm³/mol. The van der Waals surface area contributed by atoms with E-state index in [1.165, 1.54) is 0 Å². The molecule has 28 heavy (non-hydrogen) atoms. The number of amides is 1. The van der Waals surface area contributed by atoms with Crippen LogP contribution < -0.4 is 14.8 Å². The lowest BCUT2D eigenvalue weighted by Crippen LogP contribution is -2.25. The van der Waals surface area contributed by atoms with Gasteiger partial charge in [0.25, 0.3) is 0 Å². The number of hydrogen-bond donors (Lipinski definition) is 1. The summed E-state index contributed by atoms with van der Waals surface area (Å²) in [5.74, 6) is 1.59. The summed E-state index contributed by atoms with van der Waals surface area (Å²) < 4.78 is 11.2. The van der Waals surface area contributed by atoms with Crippen LogP contribution >= 0.6 is 11.3 Å². The molecule has 3 rings (SSSR count). The third kappa shape index (κ3) is 7.00. The molecule has 0 aliphatic carbocycles. The molecule has 0 aliphatic heterocycles. The maximum absolute atomic E-state index is 11.9. The molecule has 0 saturated heterocycles. The van der Waals surface area contributed by atoms with Gasteiger partial charge in [-0.3, -0.25) is 9.78 Å². The van der Waals surface area contributed by atoms with Crippen LogP contribution in [0.4, 0.5) is 0 Å². The number of rotatable bonds is 11. The van der Waals surface area contributed by atoms with Gasteiger partial charge in [-0.25, -0.2) is 4.98 Å². The molecule has 0 aliphatic rings. The van der Waals surface area contributed by atoms with Crippen LogP contribution in [0.15, 0.2) is 60.2 Å². The molecule has 0 saturated carbocycles. The summed E-state index contributed by atoms with van der Waals surface area (Å²) in [6, 6.07) is 13.3. The molecule has 7 heteroatoms. The lowest BCUT2D eigenvalue weighted by Gasteiger charge is -2.06. The molecule has 6 nitrogen and oxygen atoms in total. The molecule has 1 N–H and O–H groups in total. The topological polar surface area (TPSA) is 73.3 Å². The van der Waals surface area contributed by atoms with E-state index in [0.29, 0.717) is 39.0 Å². The fraction of sp³-hybridized carbons (Fsp3) is 0.286. The van der Waals surface area contributed by atoms with E-state index in [-0.39, 0.29) is 5.91 Å². The van der Waals surface area contributed by atoms with E-state index in [9.17, 15) is 4.79 Å². The van der Waals surface area contributed by atoms with Crippen LogP contribution in [-0.4, -0.2) is 29.0 Å². The highest BCUT2D eigenvalue weighted by molar-refractivity contribution is 7.09. The van der Waals surface area contributed by atoms with Gasteiger partial charge in [0, 0.05) is 31.0 Å². The Labute approximate surface area is 168 Å². The van der Waals surface area contributed by atoms with Gasteiger partial charge in [-0.05, 0) is 30.7 Å². The predicted octanol–water partition coefficient (Wildman–Crippen LogP) is 3.64. The number of carbonyl (C=O) groups is 1. The molecule has 2 heterocycles. The van der Waals surface area contributed by atoms with Gasteiger partial charge < -0.3 is 14.8 Å². The summed E-state index contributed by atoms with van der Waals surface area (Å²) >= 11 is 1.56. The van der Waals surface area contributed by atoms with Gasteiger partial charge >= 0.3 is 0 Å². The normalized spacial score (nSPS) is 10.4. The molecule has 0 spiro atoms. The van der Waals surface area contributed by atoms with Gasteiger partial charge in [0.15, 0.2) is 0 Å². The minimum Gasteiger partial charge on any atom is -0.494 e. The first-order chi connectivity index (χ1) is 13.8. The van der Waals surface area contributed by atoms with Crippen molar-refractivity contribution in [2.75, 3.05) is 13.2 Å². The monoisotopic (exact) mass is 397 g/mol. The minimum absolute atomic E-state index is 0.0343. The average Bonchev–Trinajstić information content (AvgIpc) is 3.19. The van der Waals surface area contributed by atoms with Crippen LogP contribution in [0.1, 0.15) is 23.5 Å². The number of benzene rings is 1. The second-order valence-corrected chi connectivity index (χ2v) is 7.02. The first-order valence-electron chi connectivity index (χ1n) is 9.20. The largest absolute Gasteiger partial charge is 0.494 e. The Hall–Kier alpha value is -2.93. The molecule has 0 radical (unpaired) electrons. The van der Waals surface area contributed by atoms with Crippen molar-refractivity contribution in [3.8, 4) is 11.5 Å². The van der Waals surface area contributed by atoms with E-state index in [0.717, 1.165) is 22.2 Å². The molecule has 0 fully saturated rings. The molecule has 0 bridgehead atoms. The van der Waals surface area contributed by atoms with Gasteiger partial charge in [-0.2, -0.15) is 0 Å². The van der Waals surface area contributed by atoms with Crippen molar-refractivity contribution in [3.05, 3.63) is 70.9 Å². The lowest BCUT2D eigenvalue weighted by molar-refractivity contribution is -0.121. The summed E-state index contributed by atoms with van der Waals surface area (Å²) in [6.07, 6.45) is 5.23. The number of aromatic nitrogens is 2. The zero-order valence-electron chi connectivity index (χ0n) is 15.5. The second kappa shape index (κ2) is 11.0. The highest BCUT2D eigenvalue weighted by Crippen LogP contribution is 2.14. The van der Waals surface area contributed by atoms with Crippen molar-refractivity contribution < 1.29 is 14.3 Å². The Bertz CT molecular complexity index is 840. The summed E-state index contributed by atoms with van der Waals surface area (Å²) in [7, 11) is 0. The van der Waals surface area contributed by atoms with Crippen LogP contribution in [0.25, 0.3) is 0 Å². The number of pyridine rings is 1. The van der Waals surface area contributed by atoms with Crippen molar-refractivity contribution in [1.29, 1.82) is 0 Å². The van der Waals surface area contributed by atoms with Gasteiger partial charge in [0.1, 0.15) is 23.1 Å². The van der Waals surface area contributed by atoms with Crippen molar-refractivity contribution in [3.63, 3.8) is 0 Å². The number of nitrogens with zero attached hydrogens (tertiary/aromatic N) is 2. The number of para-hydroxylation sites is 1. The Kier molecular flexibility index (Phi) is 7.81. The van der Waals surface area contributed by atoms with E-state index >= 15 is 0 Å². The SMILES string of the molecule is O=C(CCCOc1ccccc1)NCCc1csc(COc2cccnc2)n1. The Morgan fingerprint density at radius 3 is 2.75 bits per heavy atom. The van der Waals surface area contributed by atoms with E-state index in [4.69, 9.17) is 9.47 Å². The molecule has 146 valence electrons. The average molecular weight is 398 g/mol. The van der Waals surface area contributed by atoms with Gasteiger partial charge in [-0.15, -0.1) is 11.3 Å². The van der Waals surface area contributed by atoms with E-state index in [1.807, 2.05) is 47.8 Å². The lowest BCUT2D eigenvalue weighted by atomic mass is 10.3. The first kappa shape index (κ1) is 19.8. The minimum atomic E-state index is 0.0343. The Morgan fingerprint density at radius 2 is 1.93 bits per heavy atom. The summed E-state index contributed by atoms with van der Waals surface area (Å²) in [5, 5.41) is 5.84. The number of hydrogen-bond acceptors (Lipinski definition) is 6. The third-order valence-corrected chi connectivity index (χ3v) is 4.73. The molecular formula is C21H23N3O3S. The smallest absolute Gasteiger partial charge is 0.220 e. The molecule has 1 aromatic carbocycles. The summed E-state index contributed by atoms with van der Waals surface area (Å²) in [5.41, 5.74) is 0.961. The Morgan fingerprint density at radius 1 is 1.07 bits per heavy atom. The van der Waals surface area contributed by atoms with Crippen molar-refractivity contribution in [2.24, 2.45) is 0 Å². The highest BCUT2D eigenvalue weighted by Gasteiger charge is 2.05. The molecular weight excluding hydrogens is 374 g/mol. The summed E-state index contributed by atoms with van der Waals surface area (Å²) in [6.45, 7) is 1.53. The summed E-state index contributed by atoms with van der Waals surface area (Å²) in [4.78, 5) is 20.4. The molecule has 1 amide bonds. The van der Waals surface area contributed by atoms with Crippen molar-refractivity contribution in [2.45, 2.75) is 25.9 Å². The molecule has 3 aromatic rings. The number of thiazole rings is 1. The fourth-order valence-electron chi connectivity index (χ4n) is 2.47. The van der Waals surface area contributed by atoms with Crippen LogP contribution in [-0.2, 0) is 17.8 Å². The highest BCUT2D eigenvalue weighted by atomic mass is 32.1.